The van der Waals surface area contributed by atoms with Crippen molar-refractivity contribution in [1.29, 1.82) is 0 Å². The lowest BCUT2D eigenvalue weighted by atomic mass is 9.95. The van der Waals surface area contributed by atoms with Crippen molar-refractivity contribution in [1.82, 2.24) is 24.6 Å². The van der Waals surface area contributed by atoms with Gasteiger partial charge < -0.3 is 0 Å². The third-order valence-corrected chi connectivity index (χ3v) is 4.13. The lowest BCUT2D eigenvalue weighted by Gasteiger charge is -2.32. The molecule has 3 heterocycles. The van der Waals surface area contributed by atoms with E-state index >= 15 is 0 Å². The average molecular weight is 285 g/mol. The van der Waals surface area contributed by atoms with Gasteiger partial charge in [0.05, 0.1) is 11.4 Å². The number of likely N-dealkylation sites (tertiary alicyclic amines) is 1. The molecule has 0 unspecified atom stereocenters. The van der Waals surface area contributed by atoms with Gasteiger partial charge in [-0.15, -0.1) is 0 Å². The van der Waals surface area contributed by atoms with Crippen molar-refractivity contribution in [2.75, 3.05) is 13.1 Å². The highest BCUT2D eigenvalue weighted by Crippen LogP contribution is 2.26. The lowest BCUT2D eigenvalue weighted by Crippen LogP contribution is -2.35. The van der Waals surface area contributed by atoms with Crippen LogP contribution in [0.1, 0.15) is 50.0 Å². The van der Waals surface area contributed by atoms with Crippen LogP contribution in [0, 0.1) is 0 Å². The van der Waals surface area contributed by atoms with E-state index in [1.165, 1.54) is 18.5 Å². The summed E-state index contributed by atoms with van der Waals surface area (Å²) in [7, 11) is 0. The maximum absolute atomic E-state index is 4.47. The largest absolute Gasteiger partial charge is 0.297 e. The summed E-state index contributed by atoms with van der Waals surface area (Å²) in [5.41, 5.74) is 2.42. The second-order valence-electron chi connectivity index (χ2n) is 6.07. The molecule has 1 fully saturated rings. The third kappa shape index (κ3) is 3.29. The number of hydrogen-bond donors (Lipinski definition) is 0. The molecular formula is C16H23N5. The Balaban J connectivity index is 1.68. The summed E-state index contributed by atoms with van der Waals surface area (Å²) in [4.78, 5) is 11.2. The summed E-state index contributed by atoms with van der Waals surface area (Å²) in [5, 5.41) is 4.43. The topological polar surface area (TPSA) is 46.8 Å². The van der Waals surface area contributed by atoms with Gasteiger partial charge in [0.25, 0.3) is 0 Å². The van der Waals surface area contributed by atoms with E-state index in [1.807, 2.05) is 12.4 Å². The Bertz CT molecular complexity index is 563. The summed E-state index contributed by atoms with van der Waals surface area (Å²) in [5.74, 6) is 0.503. The number of nitrogens with zero attached hydrogens (tertiary/aromatic N) is 5. The maximum Gasteiger partial charge on any atom is 0.0630 e. The van der Waals surface area contributed by atoms with E-state index in [9.17, 15) is 0 Å². The van der Waals surface area contributed by atoms with Gasteiger partial charge in [-0.1, -0.05) is 0 Å². The van der Waals surface area contributed by atoms with E-state index in [4.69, 9.17) is 0 Å². The van der Waals surface area contributed by atoms with Gasteiger partial charge in [-0.25, -0.2) is 0 Å². The summed E-state index contributed by atoms with van der Waals surface area (Å²) < 4.78 is 2.12. The minimum Gasteiger partial charge on any atom is -0.297 e. The molecule has 0 N–H and O–H groups in total. The molecule has 2 aromatic heterocycles. The average Bonchev–Trinajstić information content (AvgIpc) is 2.97. The number of hydrogen-bond acceptors (Lipinski definition) is 4. The highest BCUT2D eigenvalue weighted by atomic mass is 15.3. The van der Waals surface area contributed by atoms with Crippen molar-refractivity contribution in [3.8, 4) is 0 Å². The highest BCUT2D eigenvalue weighted by molar-refractivity contribution is 5.07. The molecule has 0 bridgehead atoms. The fraction of sp³-hybridized carbons (Fsp3) is 0.562. The van der Waals surface area contributed by atoms with Crippen LogP contribution in [0.3, 0.4) is 0 Å². The molecule has 0 spiro atoms. The first-order valence-electron chi connectivity index (χ1n) is 7.74. The van der Waals surface area contributed by atoms with E-state index in [0.717, 1.165) is 25.3 Å². The van der Waals surface area contributed by atoms with Crippen LogP contribution < -0.4 is 0 Å². The van der Waals surface area contributed by atoms with Gasteiger partial charge >= 0.3 is 0 Å². The minimum absolute atomic E-state index is 0.413. The van der Waals surface area contributed by atoms with Gasteiger partial charge in [-0.2, -0.15) is 5.10 Å². The van der Waals surface area contributed by atoms with Crippen LogP contribution in [-0.2, 0) is 6.54 Å². The van der Waals surface area contributed by atoms with Crippen molar-refractivity contribution in [3.63, 3.8) is 0 Å². The number of aromatic nitrogens is 4. The first-order chi connectivity index (χ1) is 10.2. The Morgan fingerprint density at radius 1 is 1.29 bits per heavy atom. The highest BCUT2D eigenvalue weighted by Gasteiger charge is 2.23. The molecule has 2 aromatic rings. The monoisotopic (exact) mass is 285 g/mol. The van der Waals surface area contributed by atoms with Crippen molar-refractivity contribution in [3.05, 3.63) is 42.2 Å². The summed E-state index contributed by atoms with van der Waals surface area (Å²) in [6.45, 7) is 7.53. The molecule has 1 aliphatic heterocycles. The zero-order valence-electron chi connectivity index (χ0n) is 12.8. The third-order valence-electron chi connectivity index (χ3n) is 4.13. The molecule has 0 aromatic carbocycles. The summed E-state index contributed by atoms with van der Waals surface area (Å²) in [6.07, 6.45) is 9.77. The Labute approximate surface area is 126 Å². The zero-order chi connectivity index (χ0) is 14.7. The van der Waals surface area contributed by atoms with E-state index in [-0.39, 0.29) is 0 Å². The van der Waals surface area contributed by atoms with Crippen LogP contribution in [0.25, 0.3) is 0 Å². The standard InChI is InChI=1S/C16H23N5/c1-13(2)21-15(5-6-19-21)12-20-9-3-4-14(11-20)16-10-17-7-8-18-16/h5-8,10,13-14H,3-4,9,11-12H2,1-2H3/t14-/m0/s1. The number of rotatable bonds is 4. The van der Waals surface area contributed by atoms with Crippen LogP contribution in [0.2, 0.25) is 0 Å². The Hall–Kier alpha value is -1.75. The van der Waals surface area contributed by atoms with Gasteiger partial charge in [-0.3, -0.25) is 19.5 Å². The molecule has 1 saturated heterocycles. The molecule has 0 radical (unpaired) electrons. The maximum atomic E-state index is 4.47. The molecule has 1 atom stereocenters. The van der Waals surface area contributed by atoms with Crippen LogP contribution in [0.15, 0.2) is 30.9 Å². The van der Waals surface area contributed by atoms with Crippen molar-refractivity contribution in [2.24, 2.45) is 0 Å². The molecular weight excluding hydrogens is 262 g/mol. The first-order valence-corrected chi connectivity index (χ1v) is 7.74. The van der Waals surface area contributed by atoms with Gasteiger partial charge in [0, 0.05) is 49.8 Å². The van der Waals surface area contributed by atoms with Gasteiger partial charge in [-0.05, 0) is 39.3 Å². The van der Waals surface area contributed by atoms with Crippen LogP contribution in [0.4, 0.5) is 0 Å². The van der Waals surface area contributed by atoms with Crippen LogP contribution in [0.5, 0.6) is 0 Å². The molecule has 1 aliphatic rings. The first kappa shape index (κ1) is 14.2. The molecule has 21 heavy (non-hydrogen) atoms. The van der Waals surface area contributed by atoms with Crippen molar-refractivity contribution in [2.45, 2.75) is 45.2 Å². The molecule has 0 aliphatic carbocycles. The van der Waals surface area contributed by atoms with E-state index in [0.29, 0.717) is 12.0 Å². The summed E-state index contributed by atoms with van der Waals surface area (Å²) >= 11 is 0. The molecule has 0 amide bonds. The van der Waals surface area contributed by atoms with E-state index in [2.05, 4.69) is 44.6 Å². The molecule has 0 saturated carbocycles. The Morgan fingerprint density at radius 2 is 2.19 bits per heavy atom. The van der Waals surface area contributed by atoms with E-state index in [1.54, 1.807) is 12.4 Å². The predicted octanol–water partition coefficient (Wildman–Crippen LogP) is 2.63. The second-order valence-corrected chi connectivity index (χ2v) is 6.07. The van der Waals surface area contributed by atoms with Gasteiger partial charge in [0.1, 0.15) is 0 Å². The normalized spacial score (nSPS) is 20.0. The zero-order valence-corrected chi connectivity index (χ0v) is 12.8. The predicted molar refractivity (Wildman–Crippen MR) is 81.9 cm³/mol. The lowest BCUT2D eigenvalue weighted by molar-refractivity contribution is 0.192. The Morgan fingerprint density at radius 3 is 2.95 bits per heavy atom. The quantitative estimate of drug-likeness (QED) is 0.866. The molecule has 5 nitrogen and oxygen atoms in total. The fourth-order valence-corrected chi connectivity index (χ4v) is 3.12. The summed E-state index contributed by atoms with van der Waals surface area (Å²) in [6, 6.07) is 2.54. The molecule has 112 valence electrons. The van der Waals surface area contributed by atoms with Crippen molar-refractivity contribution < 1.29 is 0 Å². The van der Waals surface area contributed by atoms with E-state index < -0.39 is 0 Å². The second kappa shape index (κ2) is 6.35. The van der Waals surface area contributed by atoms with Gasteiger partial charge in [0.15, 0.2) is 0 Å². The van der Waals surface area contributed by atoms with Gasteiger partial charge in [0.2, 0.25) is 0 Å². The smallest absolute Gasteiger partial charge is 0.0630 e. The van der Waals surface area contributed by atoms with Crippen molar-refractivity contribution >= 4 is 0 Å². The SMILES string of the molecule is CC(C)n1nccc1CN1CCC[C@H](c2cnccn2)C1. The van der Waals surface area contributed by atoms with Crippen LogP contribution >= 0.6 is 0 Å². The van der Waals surface area contributed by atoms with Crippen LogP contribution in [-0.4, -0.2) is 37.7 Å². The number of piperidine rings is 1. The Kier molecular flexibility index (Phi) is 4.29. The molecule has 3 rings (SSSR count). The fourth-order valence-electron chi connectivity index (χ4n) is 3.12. The minimum atomic E-state index is 0.413. The molecule has 5 heteroatoms.